The van der Waals surface area contributed by atoms with Crippen LogP contribution in [-0.2, 0) is 22.4 Å². The number of nitrogens with one attached hydrogen (secondary N) is 2. The number of rotatable bonds is 12. The van der Waals surface area contributed by atoms with Crippen molar-refractivity contribution in [1.29, 1.82) is 5.41 Å². The van der Waals surface area contributed by atoms with E-state index in [-0.39, 0.29) is 11.5 Å². The Morgan fingerprint density at radius 1 is 1.24 bits per heavy atom. The SMILES string of the molecule is CC1(C(=N)c2ccc(F)cc2C(C(=O)O)N2CC(OCCCCCc3ccc4c(n3)NCCC4)C2)CCC1. The van der Waals surface area contributed by atoms with Gasteiger partial charge in [-0.2, -0.15) is 0 Å². The van der Waals surface area contributed by atoms with Crippen molar-refractivity contribution >= 4 is 17.5 Å². The van der Waals surface area contributed by atoms with Gasteiger partial charge in [-0.15, -0.1) is 0 Å². The Balaban J connectivity index is 1.08. The van der Waals surface area contributed by atoms with E-state index in [1.54, 1.807) is 6.07 Å². The number of pyridine rings is 1. The molecule has 0 amide bonds. The zero-order chi connectivity index (χ0) is 26.7. The highest BCUT2D eigenvalue weighted by Crippen LogP contribution is 2.44. The van der Waals surface area contributed by atoms with E-state index in [1.165, 1.54) is 24.1 Å². The van der Waals surface area contributed by atoms with Crippen molar-refractivity contribution in [3.63, 3.8) is 0 Å². The number of nitrogens with zero attached hydrogens (tertiary/aromatic N) is 2. The summed E-state index contributed by atoms with van der Waals surface area (Å²) in [7, 11) is 0. The van der Waals surface area contributed by atoms with Gasteiger partial charge in [0, 0.05) is 48.6 Å². The Kier molecular flexibility index (Phi) is 8.09. The van der Waals surface area contributed by atoms with Crippen LogP contribution < -0.4 is 5.32 Å². The van der Waals surface area contributed by atoms with Crippen LogP contribution in [0.5, 0.6) is 0 Å². The minimum Gasteiger partial charge on any atom is -0.480 e. The molecule has 2 fully saturated rings. The Hall–Kier alpha value is -2.84. The molecule has 1 aromatic carbocycles. The van der Waals surface area contributed by atoms with Gasteiger partial charge in [-0.05, 0) is 80.3 Å². The minimum atomic E-state index is -1.02. The summed E-state index contributed by atoms with van der Waals surface area (Å²) in [5, 5.41) is 22.2. The molecule has 5 rings (SSSR count). The van der Waals surface area contributed by atoms with Gasteiger partial charge in [-0.25, -0.2) is 9.37 Å². The van der Waals surface area contributed by atoms with E-state index in [0.29, 0.717) is 36.5 Å². The minimum absolute atomic E-state index is 0.0224. The maximum absolute atomic E-state index is 14.2. The molecule has 8 heteroatoms. The van der Waals surface area contributed by atoms with Gasteiger partial charge in [0.15, 0.2) is 0 Å². The standard InChI is InChI=1S/C30H39FN4O3/c1-30(13-6-14-30)27(32)24-12-10-21(31)17-25(24)26(29(36)37)35-18-23(19-35)38-16-4-2-3-8-22-11-9-20-7-5-15-33-28(20)34-22/h9-12,17,23,26,32H,2-8,13-16,18-19H2,1H3,(H,33,34)(H,36,37). The molecule has 1 aromatic heterocycles. The van der Waals surface area contributed by atoms with Gasteiger partial charge in [0.05, 0.1) is 6.10 Å². The van der Waals surface area contributed by atoms with Gasteiger partial charge >= 0.3 is 5.97 Å². The first-order valence-corrected chi connectivity index (χ1v) is 14.0. The quantitative estimate of drug-likeness (QED) is 0.256. The van der Waals surface area contributed by atoms with Gasteiger partial charge in [0.2, 0.25) is 0 Å². The molecule has 3 heterocycles. The maximum Gasteiger partial charge on any atom is 0.325 e. The van der Waals surface area contributed by atoms with Crippen molar-refractivity contribution in [2.75, 3.05) is 31.6 Å². The molecule has 3 aliphatic rings. The predicted molar refractivity (Wildman–Crippen MR) is 145 cm³/mol. The van der Waals surface area contributed by atoms with Crippen LogP contribution in [0.15, 0.2) is 30.3 Å². The summed E-state index contributed by atoms with van der Waals surface area (Å²) < 4.78 is 20.2. The lowest BCUT2D eigenvalue weighted by Crippen LogP contribution is -2.55. The molecule has 2 aromatic rings. The van der Waals surface area contributed by atoms with E-state index in [2.05, 4.69) is 17.4 Å². The number of likely N-dealkylation sites (tertiary alicyclic amines) is 1. The number of aromatic nitrogens is 1. The van der Waals surface area contributed by atoms with E-state index < -0.39 is 17.8 Å². The first-order chi connectivity index (χ1) is 18.3. The first-order valence-electron chi connectivity index (χ1n) is 14.0. The lowest BCUT2D eigenvalue weighted by molar-refractivity contribution is -0.150. The fraction of sp³-hybridized carbons (Fsp3) is 0.567. The van der Waals surface area contributed by atoms with Crippen LogP contribution in [0, 0.1) is 16.6 Å². The summed E-state index contributed by atoms with van der Waals surface area (Å²) in [6, 6.07) is 7.56. The van der Waals surface area contributed by atoms with Crippen molar-refractivity contribution in [2.45, 2.75) is 76.9 Å². The number of aliphatic carboxylic acids is 1. The van der Waals surface area contributed by atoms with Crippen molar-refractivity contribution in [2.24, 2.45) is 5.41 Å². The number of ether oxygens (including phenoxy) is 1. The zero-order valence-corrected chi connectivity index (χ0v) is 22.3. The first kappa shape index (κ1) is 26.8. The molecule has 1 aliphatic carbocycles. The molecule has 204 valence electrons. The molecule has 1 saturated heterocycles. The number of halogens is 1. The molecular formula is C30H39FN4O3. The lowest BCUT2D eigenvalue weighted by atomic mass is 9.65. The molecule has 0 radical (unpaired) electrons. The summed E-state index contributed by atoms with van der Waals surface area (Å²) in [6.45, 7) is 4.66. The van der Waals surface area contributed by atoms with Gasteiger partial charge in [0.1, 0.15) is 17.7 Å². The highest BCUT2D eigenvalue weighted by Gasteiger charge is 2.42. The van der Waals surface area contributed by atoms with Crippen LogP contribution in [0.3, 0.4) is 0 Å². The number of unbranched alkanes of at least 4 members (excludes halogenated alkanes) is 2. The molecule has 1 atom stereocenters. The van der Waals surface area contributed by atoms with E-state index >= 15 is 0 Å². The molecule has 38 heavy (non-hydrogen) atoms. The van der Waals surface area contributed by atoms with Gasteiger partial charge in [0.25, 0.3) is 0 Å². The number of aryl methyl sites for hydroxylation is 2. The third kappa shape index (κ3) is 5.76. The van der Waals surface area contributed by atoms with Crippen LogP contribution in [0.4, 0.5) is 10.2 Å². The summed E-state index contributed by atoms with van der Waals surface area (Å²) in [5.74, 6) is -0.449. The summed E-state index contributed by atoms with van der Waals surface area (Å²) in [6.07, 6.45) is 9.13. The van der Waals surface area contributed by atoms with E-state index in [4.69, 9.17) is 15.1 Å². The highest BCUT2D eigenvalue weighted by atomic mass is 19.1. The topological polar surface area (TPSA) is 98.5 Å². The predicted octanol–water partition coefficient (Wildman–Crippen LogP) is 5.38. The number of hydrogen-bond donors (Lipinski definition) is 3. The summed E-state index contributed by atoms with van der Waals surface area (Å²) in [4.78, 5) is 18.9. The number of carbonyl (C=O) groups is 1. The summed E-state index contributed by atoms with van der Waals surface area (Å²) in [5.41, 5.74) is 3.52. The van der Waals surface area contributed by atoms with Crippen molar-refractivity contribution in [3.8, 4) is 0 Å². The molecule has 7 nitrogen and oxygen atoms in total. The Bertz CT molecular complexity index is 1180. The van der Waals surface area contributed by atoms with E-state index in [1.807, 2.05) is 11.8 Å². The molecule has 1 unspecified atom stereocenters. The Labute approximate surface area is 224 Å². The summed E-state index contributed by atoms with van der Waals surface area (Å²) >= 11 is 0. The van der Waals surface area contributed by atoms with Crippen molar-refractivity contribution in [1.82, 2.24) is 9.88 Å². The average molecular weight is 523 g/mol. The Morgan fingerprint density at radius 3 is 2.79 bits per heavy atom. The van der Waals surface area contributed by atoms with Gasteiger partial charge in [-0.3, -0.25) is 9.69 Å². The Morgan fingerprint density at radius 2 is 2.05 bits per heavy atom. The molecule has 2 aliphatic heterocycles. The number of benzene rings is 1. The normalized spacial score (nSPS) is 19.5. The lowest BCUT2D eigenvalue weighted by Gasteiger charge is -2.44. The van der Waals surface area contributed by atoms with Crippen molar-refractivity contribution < 1.29 is 19.0 Å². The number of fused-ring (bicyclic) bond motifs is 1. The van der Waals surface area contributed by atoms with Crippen LogP contribution >= 0.6 is 0 Å². The average Bonchev–Trinajstić information content (AvgIpc) is 2.86. The fourth-order valence-corrected chi connectivity index (χ4v) is 5.88. The second kappa shape index (κ2) is 11.5. The third-order valence-electron chi connectivity index (χ3n) is 8.50. The second-order valence-electron chi connectivity index (χ2n) is 11.4. The van der Waals surface area contributed by atoms with Gasteiger partial charge in [-0.1, -0.05) is 25.8 Å². The molecule has 0 spiro atoms. The van der Waals surface area contributed by atoms with E-state index in [9.17, 15) is 14.3 Å². The second-order valence-corrected chi connectivity index (χ2v) is 11.4. The smallest absolute Gasteiger partial charge is 0.325 e. The van der Waals surface area contributed by atoms with Crippen molar-refractivity contribution in [3.05, 3.63) is 58.5 Å². The molecular weight excluding hydrogens is 483 g/mol. The molecule has 1 saturated carbocycles. The number of carboxylic acids is 1. The molecule has 3 N–H and O–H groups in total. The molecule has 0 bridgehead atoms. The van der Waals surface area contributed by atoms with Crippen LogP contribution in [0.25, 0.3) is 0 Å². The van der Waals surface area contributed by atoms with E-state index in [0.717, 1.165) is 69.4 Å². The number of hydrogen-bond acceptors (Lipinski definition) is 6. The number of anilines is 1. The highest BCUT2D eigenvalue weighted by molar-refractivity contribution is 6.05. The van der Waals surface area contributed by atoms with Crippen LogP contribution in [-0.4, -0.2) is 59.0 Å². The maximum atomic E-state index is 14.2. The van der Waals surface area contributed by atoms with Crippen LogP contribution in [0.2, 0.25) is 0 Å². The number of carboxylic acid groups (broad SMARTS) is 1. The van der Waals surface area contributed by atoms with Gasteiger partial charge < -0.3 is 20.6 Å². The monoisotopic (exact) mass is 522 g/mol. The largest absolute Gasteiger partial charge is 0.480 e. The third-order valence-corrected chi connectivity index (χ3v) is 8.50. The zero-order valence-electron chi connectivity index (χ0n) is 22.3. The van der Waals surface area contributed by atoms with Crippen LogP contribution in [0.1, 0.15) is 80.3 Å². The fourth-order valence-electron chi connectivity index (χ4n) is 5.88.